The first-order valence-electron chi connectivity index (χ1n) is 2.76. The molecule has 1 heterocycles. The molecular weight excluding hydrogens is 146 g/mol. The molecule has 0 aliphatic heterocycles. The summed E-state index contributed by atoms with van der Waals surface area (Å²) in [5, 5.41) is 1.72. The van der Waals surface area contributed by atoms with Crippen LogP contribution >= 0.6 is 12.2 Å². The lowest BCUT2D eigenvalue weighted by molar-refractivity contribution is 0.824. The predicted molar refractivity (Wildman–Crippen MR) is 45.2 cm³/mol. The maximum atomic E-state index is 4.69. The molecule has 0 saturated heterocycles. The minimum Gasteiger partial charge on any atom is -0.412 e. The average molecular weight is 155 g/mol. The van der Waals surface area contributed by atoms with E-state index >= 15 is 0 Å². The molecule has 0 saturated carbocycles. The topological polar surface area (TPSA) is 44.4 Å². The van der Waals surface area contributed by atoms with Gasteiger partial charge in [0.2, 0.25) is 0 Å². The molecule has 0 fully saturated rings. The zero-order valence-corrected chi connectivity index (χ0v) is 6.27. The van der Waals surface area contributed by atoms with Crippen molar-refractivity contribution in [3.05, 3.63) is 30.1 Å². The molecule has 0 atom stereocenters. The molecule has 3 heteroatoms. The van der Waals surface area contributed by atoms with Crippen LogP contribution in [0.3, 0.4) is 0 Å². The molecule has 2 nitrogen and oxygen atoms in total. The van der Waals surface area contributed by atoms with E-state index < -0.39 is 0 Å². The molecule has 0 unspecified atom stereocenters. The Labute approximate surface area is 65.2 Å². The lowest BCUT2D eigenvalue weighted by Gasteiger charge is -1.89. The largest absolute Gasteiger partial charge is 0.412 e. The lowest BCUT2D eigenvalue weighted by atomic mass is 10.2. The van der Waals surface area contributed by atoms with Gasteiger partial charge in [0, 0.05) is 18.8 Å². The molecule has 2 N–H and O–H groups in total. The predicted octanol–water partition coefficient (Wildman–Crippen LogP) is 0.799. The second-order valence-electron chi connectivity index (χ2n) is 1.73. The highest BCUT2D eigenvalue weighted by Crippen LogP contribution is 1.94. The molecule has 1 rings (SSSR count). The number of nitrogens with zero attached hydrogens (tertiary/aromatic N) is 1. The van der Waals surface area contributed by atoms with Crippen LogP contribution < -0.4 is 0 Å². The average Bonchev–Trinajstić information content (AvgIpc) is 1.91. The van der Waals surface area contributed by atoms with Crippen LogP contribution in [-0.4, -0.2) is 15.8 Å². The van der Waals surface area contributed by atoms with Crippen molar-refractivity contribution in [2.24, 2.45) is 0 Å². The minimum atomic E-state index is 0. The van der Waals surface area contributed by atoms with Gasteiger partial charge >= 0.3 is 0 Å². The summed E-state index contributed by atoms with van der Waals surface area (Å²) in [4.78, 5) is 3.88. The zero-order chi connectivity index (χ0) is 6.53. The Hall–Kier alpha value is -0.800. The maximum Gasteiger partial charge on any atom is 0.0270 e. The van der Waals surface area contributed by atoms with Gasteiger partial charge in [-0.1, -0.05) is 12.2 Å². The number of aromatic nitrogens is 1. The summed E-state index contributed by atoms with van der Waals surface area (Å²) < 4.78 is 0. The second-order valence-corrected chi connectivity index (χ2v) is 2.06. The molecule has 0 aliphatic carbocycles. The fraction of sp³-hybridized carbons (Fsp3) is 0.143. The molecular formula is C7H9NOS. The van der Waals surface area contributed by atoms with Crippen molar-refractivity contribution in [2.45, 2.75) is 6.42 Å². The van der Waals surface area contributed by atoms with Crippen LogP contribution in [0, 0.1) is 0 Å². The molecule has 0 aliphatic rings. The van der Waals surface area contributed by atoms with Gasteiger partial charge in [-0.25, -0.2) is 0 Å². The van der Waals surface area contributed by atoms with Crippen LogP contribution in [0.4, 0.5) is 0 Å². The van der Waals surface area contributed by atoms with Gasteiger partial charge in [-0.2, -0.15) is 0 Å². The zero-order valence-electron chi connectivity index (χ0n) is 5.45. The van der Waals surface area contributed by atoms with E-state index in [9.17, 15) is 0 Å². The standard InChI is InChI=1S/C7H7NS.H2O/c9-6-3-7-1-4-8-5-2-7;/h1-2,4-6H,3H2;1H2. The SMILES string of the molecule is O.S=CCc1ccncc1. The summed E-state index contributed by atoms with van der Waals surface area (Å²) in [5.41, 5.74) is 1.22. The Balaban J connectivity index is 0.000000810. The van der Waals surface area contributed by atoms with E-state index in [1.165, 1.54) is 5.56 Å². The summed E-state index contributed by atoms with van der Waals surface area (Å²) >= 11 is 4.69. The maximum absolute atomic E-state index is 4.69. The first-order chi connectivity index (χ1) is 4.43. The Morgan fingerprint density at radius 1 is 1.40 bits per heavy atom. The van der Waals surface area contributed by atoms with Crippen molar-refractivity contribution in [1.29, 1.82) is 0 Å². The van der Waals surface area contributed by atoms with E-state index in [0.29, 0.717) is 0 Å². The van der Waals surface area contributed by atoms with E-state index in [4.69, 9.17) is 0 Å². The Morgan fingerprint density at radius 2 is 2.00 bits per heavy atom. The van der Waals surface area contributed by atoms with Crippen molar-refractivity contribution < 1.29 is 5.48 Å². The third-order valence-corrected chi connectivity index (χ3v) is 1.24. The smallest absolute Gasteiger partial charge is 0.0270 e. The van der Waals surface area contributed by atoms with Gasteiger partial charge in [0.15, 0.2) is 0 Å². The highest BCUT2D eigenvalue weighted by atomic mass is 32.1. The minimum absolute atomic E-state index is 0. The number of pyridine rings is 1. The van der Waals surface area contributed by atoms with Gasteiger partial charge < -0.3 is 5.48 Å². The number of hydrogen-bond acceptors (Lipinski definition) is 2. The Bertz CT molecular complexity index is 188. The molecule has 0 aromatic carbocycles. The molecule has 0 bridgehead atoms. The molecule has 10 heavy (non-hydrogen) atoms. The molecule has 0 spiro atoms. The van der Waals surface area contributed by atoms with Crippen LogP contribution in [-0.2, 0) is 6.42 Å². The monoisotopic (exact) mass is 155 g/mol. The fourth-order valence-electron chi connectivity index (χ4n) is 0.615. The fourth-order valence-corrected chi connectivity index (χ4v) is 0.808. The van der Waals surface area contributed by atoms with Crippen LogP contribution in [0.5, 0.6) is 0 Å². The van der Waals surface area contributed by atoms with Gasteiger partial charge in [0.05, 0.1) is 0 Å². The summed E-state index contributed by atoms with van der Waals surface area (Å²) in [6, 6.07) is 3.92. The van der Waals surface area contributed by atoms with Gasteiger partial charge in [-0.3, -0.25) is 4.98 Å². The van der Waals surface area contributed by atoms with E-state index in [2.05, 4.69) is 17.2 Å². The quantitative estimate of drug-likeness (QED) is 0.593. The molecule has 0 amide bonds. The van der Waals surface area contributed by atoms with Crippen LogP contribution in [0.15, 0.2) is 24.5 Å². The normalized spacial score (nSPS) is 8.00. The van der Waals surface area contributed by atoms with Crippen molar-refractivity contribution in [1.82, 2.24) is 4.98 Å². The molecule has 1 aromatic rings. The van der Waals surface area contributed by atoms with E-state index in [0.717, 1.165) is 6.42 Å². The van der Waals surface area contributed by atoms with Crippen LogP contribution in [0.1, 0.15) is 5.56 Å². The summed E-state index contributed by atoms with van der Waals surface area (Å²) in [5.74, 6) is 0. The highest BCUT2D eigenvalue weighted by molar-refractivity contribution is 7.78. The van der Waals surface area contributed by atoms with Gasteiger partial charge in [-0.15, -0.1) is 0 Å². The first-order valence-corrected chi connectivity index (χ1v) is 3.23. The molecule has 1 aromatic heterocycles. The summed E-state index contributed by atoms with van der Waals surface area (Å²) in [6.07, 6.45) is 4.40. The van der Waals surface area contributed by atoms with Gasteiger partial charge in [0.25, 0.3) is 0 Å². The number of hydrogen-bond donors (Lipinski definition) is 0. The summed E-state index contributed by atoms with van der Waals surface area (Å²) in [7, 11) is 0. The van der Waals surface area contributed by atoms with Crippen molar-refractivity contribution in [3.63, 3.8) is 0 Å². The van der Waals surface area contributed by atoms with Gasteiger partial charge in [-0.05, 0) is 23.1 Å². The third kappa shape index (κ3) is 2.66. The Kier molecular flexibility index (Phi) is 4.62. The van der Waals surface area contributed by atoms with Crippen molar-refractivity contribution >= 4 is 17.6 Å². The van der Waals surface area contributed by atoms with E-state index in [1.807, 2.05) is 12.1 Å². The highest BCUT2D eigenvalue weighted by Gasteiger charge is 1.83. The Morgan fingerprint density at radius 3 is 2.50 bits per heavy atom. The van der Waals surface area contributed by atoms with Crippen molar-refractivity contribution in [2.75, 3.05) is 0 Å². The molecule has 0 radical (unpaired) electrons. The number of rotatable bonds is 2. The number of thiocarbonyl (C=S) groups is 1. The third-order valence-electron chi connectivity index (χ3n) is 1.07. The van der Waals surface area contributed by atoms with Crippen molar-refractivity contribution in [3.8, 4) is 0 Å². The summed E-state index contributed by atoms with van der Waals surface area (Å²) in [6.45, 7) is 0. The van der Waals surface area contributed by atoms with E-state index in [1.54, 1.807) is 17.8 Å². The lowest BCUT2D eigenvalue weighted by Crippen LogP contribution is -1.82. The van der Waals surface area contributed by atoms with Gasteiger partial charge in [0.1, 0.15) is 0 Å². The second kappa shape index (κ2) is 5.02. The van der Waals surface area contributed by atoms with Crippen LogP contribution in [0.2, 0.25) is 0 Å². The first kappa shape index (κ1) is 9.20. The van der Waals surface area contributed by atoms with E-state index in [-0.39, 0.29) is 5.48 Å². The molecule has 54 valence electrons. The van der Waals surface area contributed by atoms with Crippen LogP contribution in [0.25, 0.3) is 0 Å².